The Morgan fingerprint density at radius 1 is 1.47 bits per heavy atom. The lowest BCUT2D eigenvalue weighted by Crippen LogP contribution is -1.98. The van der Waals surface area contributed by atoms with Gasteiger partial charge in [-0.05, 0) is 18.2 Å². The van der Waals surface area contributed by atoms with Crippen LogP contribution < -0.4 is 4.74 Å². The van der Waals surface area contributed by atoms with Gasteiger partial charge in [0.2, 0.25) is 0 Å². The molecule has 0 atom stereocenters. The van der Waals surface area contributed by atoms with Crippen molar-refractivity contribution in [3.05, 3.63) is 41.5 Å². The van der Waals surface area contributed by atoms with Gasteiger partial charge in [0.05, 0.1) is 25.6 Å². The quantitative estimate of drug-likeness (QED) is 0.855. The van der Waals surface area contributed by atoms with E-state index in [2.05, 4.69) is 4.98 Å². The number of ether oxygens (including phenoxy) is 1. The van der Waals surface area contributed by atoms with Gasteiger partial charge >= 0.3 is 0 Å². The van der Waals surface area contributed by atoms with Gasteiger partial charge in [0.1, 0.15) is 11.6 Å². The number of imidazole rings is 1. The SMILES string of the molecule is COc1ccc(F)cc1CSc1ncc(CO)n1C. The number of aliphatic hydroxyl groups is 1. The Morgan fingerprint density at radius 2 is 2.26 bits per heavy atom. The zero-order chi connectivity index (χ0) is 13.8. The summed E-state index contributed by atoms with van der Waals surface area (Å²) in [6.07, 6.45) is 1.63. The number of benzene rings is 1. The standard InChI is InChI=1S/C13H15FN2O2S/c1-16-11(7-17)6-15-13(16)19-8-9-5-10(14)3-4-12(9)18-2/h3-6,17H,7-8H2,1-2H3. The van der Waals surface area contributed by atoms with E-state index >= 15 is 0 Å². The minimum atomic E-state index is -0.285. The van der Waals surface area contributed by atoms with E-state index in [1.807, 2.05) is 11.6 Å². The fourth-order valence-electron chi connectivity index (χ4n) is 1.71. The summed E-state index contributed by atoms with van der Waals surface area (Å²) >= 11 is 1.47. The number of hydrogen-bond acceptors (Lipinski definition) is 4. The van der Waals surface area contributed by atoms with Crippen molar-refractivity contribution in [3.8, 4) is 5.75 Å². The molecule has 0 radical (unpaired) electrons. The first kappa shape index (κ1) is 13.9. The Bertz CT molecular complexity index is 572. The lowest BCUT2D eigenvalue weighted by molar-refractivity contribution is 0.271. The number of rotatable bonds is 5. The summed E-state index contributed by atoms with van der Waals surface area (Å²) < 4.78 is 20.2. The van der Waals surface area contributed by atoms with Gasteiger partial charge in [-0.25, -0.2) is 9.37 Å². The van der Waals surface area contributed by atoms with Crippen molar-refractivity contribution in [2.45, 2.75) is 17.5 Å². The largest absolute Gasteiger partial charge is 0.496 e. The summed E-state index contributed by atoms with van der Waals surface area (Å²) in [6.45, 7) is -0.0483. The van der Waals surface area contributed by atoms with E-state index in [0.717, 1.165) is 16.4 Å². The molecule has 1 aromatic carbocycles. The van der Waals surface area contributed by atoms with E-state index < -0.39 is 0 Å². The Balaban J connectivity index is 2.13. The van der Waals surface area contributed by atoms with Crippen LogP contribution in [-0.4, -0.2) is 21.8 Å². The molecule has 0 aliphatic rings. The highest BCUT2D eigenvalue weighted by molar-refractivity contribution is 7.98. The van der Waals surface area contributed by atoms with E-state index in [4.69, 9.17) is 9.84 Å². The summed E-state index contributed by atoms with van der Waals surface area (Å²) in [4.78, 5) is 4.21. The molecular weight excluding hydrogens is 267 g/mol. The van der Waals surface area contributed by atoms with Crippen LogP contribution in [0.25, 0.3) is 0 Å². The van der Waals surface area contributed by atoms with Crippen molar-refractivity contribution in [1.82, 2.24) is 9.55 Å². The minimum Gasteiger partial charge on any atom is -0.496 e. The molecule has 0 aliphatic heterocycles. The van der Waals surface area contributed by atoms with Gasteiger partial charge in [-0.2, -0.15) is 0 Å². The molecule has 102 valence electrons. The van der Waals surface area contributed by atoms with Gasteiger partial charge in [0, 0.05) is 18.4 Å². The van der Waals surface area contributed by atoms with Crippen LogP contribution in [0.2, 0.25) is 0 Å². The van der Waals surface area contributed by atoms with Crippen LogP contribution in [-0.2, 0) is 19.4 Å². The molecule has 1 aromatic heterocycles. The third kappa shape index (κ3) is 3.08. The normalized spacial score (nSPS) is 10.7. The molecule has 0 amide bonds. The lowest BCUT2D eigenvalue weighted by Gasteiger charge is -2.08. The number of hydrogen-bond donors (Lipinski definition) is 1. The van der Waals surface area contributed by atoms with Crippen LogP contribution >= 0.6 is 11.8 Å². The monoisotopic (exact) mass is 282 g/mol. The van der Waals surface area contributed by atoms with Crippen molar-refractivity contribution in [2.24, 2.45) is 7.05 Å². The highest BCUT2D eigenvalue weighted by atomic mass is 32.2. The molecule has 1 heterocycles. The third-order valence-corrected chi connectivity index (χ3v) is 3.90. The van der Waals surface area contributed by atoms with Crippen molar-refractivity contribution in [3.63, 3.8) is 0 Å². The van der Waals surface area contributed by atoms with E-state index in [-0.39, 0.29) is 12.4 Å². The molecule has 2 aromatic rings. The predicted molar refractivity (Wildman–Crippen MR) is 71.6 cm³/mol. The maximum atomic E-state index is 13.2. The topological polar surface area (TPSA) is 47.3 Å². The Kier molecular flexibility index (Phi) is 4.44. The fourth-order valence-corrected chi connectivity index (χ4v) is 2.66. The molecular formula is C13H15FN2O2S. The van der Waals surface area contributed by atoms with E-state index in [9.17, 15) is 4.39 Å². The molecule has 19 heavy (non-hydrogen) atoms. The van der Waals surface area contributed by atoms with Crippen LogP contribution in [0.1, 0.15) is 11.3 Å². The van der Waals surface area contributed by atoms with Gasteiger partial charge in [-0.15, -0.1) is 0 Å². The minimum absolute atomic E-state index is 0.0483. The van der Waals surface area contributed by atoms with Crippen LogP contribution in [0.3, 0.4) is 0 Å². The second kappa shape index (κ2) is 6.08. The van der Waals surface area contributed by atoms with Crippen molar-refractivity contribution in [1.29, 1.82) is 0 Å². The Hall–Kier alpha value is -1.53. The number of aromatic nitrogens is 2. The van der Waals surface area contributed by atoms with E-state index in [1.165, 1.54) is 23.9 Å². The maximum Gasteiger partial charge on any atom is 0.168 e. The van der Waals surface area contributed by atoms with Gasteiger partial charge < -0.3 is 14.4 Å². The molecule has 0 aliphatic carbocycles. The lowest BCUT2D eigenvalue weighted by atomic mass is 10.2. The van der Waals surface area contributed by atoms with E-state index in [1.54, 1.807) is 19.4 Å². The molecule has 0 fully saturated rings. The summed E-state index contributed by atoms with van der Waals surface area (Å²) in [7, 11) is 3.40. The smallest absolute Gasteiger partial charge is 0.168 e. The maximum absolute atomic E-state index is 13.2. The average Bonchev–Trinajstić information content (AvgIpc) is 2.77. The van der Waals surface area contributed by atoms with Crippen molar-refractivity contribution >= 4 is 11.8 Å². The second-order valence-corrected chi connectivity index (χ2v) is 4.94. The molecule has 0 bridgehead atoms. The van der Waals surface area contributed by atoms with Gasteiger partial charge in [0.15, 0.2) is 5.16 Å². The summed E-state index contributed by atoms with van der Waals surface area (Å²) in [5.41, 5.74) is 1.52. The highest BCUT2D eigenvalue weighted by Gasteiger charge is 2.09. The van der Waals surface area contributed by atoms with Crippen LogP contribution in [0.5, 0.6) is 5.75 Å². The second-order valence-electron chi connectivity index (χ2n) is 3.99. The third-order valence-electron chi connectivity index (χ3n) is 2.80. The molecule has 0 saturated heterocycles. The number of halogens is 1. The fraction of sp³-hybridized carbons (Fsp3) is 0.308. The molecule has 4 nitrogen and oxygen atoms in total. The average molecular weight is 282 g/mol. The Labute approximate surface area is 115 Å². The Morgan fingerprint density at radius 3 is 2.89 bits per heavy atom. The molecule has 0 unspecified atom stereocenters. The van der Waals surface area contributed by atoms with Crippen LogP contribution in [0.15, 0.2) is 29.6 Å². The van der Waals surface area contributed by atoms with Crippen molar-refractivity contribution in [2.75, 3.05) is 7.11 Å². The summed E-state index contributed by atoms with van der Waals surface area (Å²) in [5.74, 6) is 0.925. The molecule has 0 spiro atoms. The van der Waals surface area contributed by atoms with E-state index in [0.29, 0.717) is 11.5 Å². The van der Waals surface area contributed by atoms with Crippen molar-refractivity contribution < 1.29 is 14.2 Å². The summed E-state index contributed by atoms with van der Waals surface area (Å²) in [5, 5.41) is 9.87. The van der Waals surface area contributed by atoms with Gasteiger partial charge in [-0.3, -0.25) is 0 Å². The molecule has 2 rings (SSSR count). The molecule has 0 saturated carbocycles. The van der Waals surface area contributed by atoms with Crippen LogP contribution in [0, 0.1) is 5.82 Å². The molecule has 6 heteroatoms. The predicted octanol–water partition coefficient (Wildman–Crippen LogP) is 2.35. The highest BCUT2D eigenvalue weighted by Crippen LogP contribution is 2.28. The first-order valence-electron chi connectivity index (χ1n) is 5.72. The first-order chi connectivity index (χ1) is 9.15. The van der Waals surface area contributed by atoms with Gasteiger partial charge in [0.25, 0.3) is 0 Å². The van der Waals surface area contributed by atoms with Gasteiger partial charge in [-0.1, -0.05) is 11.8 Å². The number of thioether (sulfide) groups is 1. The first-order valence-corrected chi connectivity index (χ1v) is 6.71. The number of nitrogens with zero attached hydrogens (tertiary/aromatic N) is 2. The summed E-state index contributed by atoms with van der Waals surface area (Å²) in [6, 6.07) is 4.45. The molecule has 1 N–H and O–H groups in total. The number of aliphatic hydroxyl groups excluding tert-OH is 1. The number of methoxy groups -OCH3 is 1. The zero-order valence-electron chi connectivity index (χ0n) is 10.8. The zero-order valence-corrected chi connectivity index (χ0v) is 11.6. The van der Waals surface area contributed by atoms with Crippen LogP contribution in [0.4, 0.5) is 4.39 Å².